The Morgan fingerprint density at radius 1 is 1.20 bits per heavy atom. The van der Waals surface area contributed by atoms with Crippen LogP contribution in [0, 0.1) is 5.82 Å². The van der Waals surface area contributed by atoms with Crippen LogP contribution in [-0.2, 0) is 0 Å². The summed E-state index contributed by atoms with van der Waals surface area (Å²) >= 11 is 1.90. The standard InChI is InChI=1S/C12H17FOS/c1-2-3-9-15-10-8-14-12-6-4-11(13)5-7-12/h4-7H,2-3,8-10H2,1H3. The molecule has 0 amide bonds. The summed E-state index contributed by atoms with van der Waals surface area (Å²) in [5, 5.41) is 0. The van der Waals surface area contributed by atoms with Gasteiger partial charge in [0.15, 0.2) is 0 Å². The highest BCUT2D eigenvalue weighted by molar-refractivity contribution is 7.99. The molecule has 84 valence electrons. The molecule has 1 nitrogen and oxygen atoms in total. The molecule has 15 heavy (non-hydrogen) atoms. The SMILES string of the molecule is CCCCSCCOc1ccc(F)cc1. The van der Waals surface area contributed by atoms with Gasteiger partial charge in [-0.1, -0.05) is 13.3 Å². The molecule has 0 spiro atoms. The van der Waals surface area contributed by atoms with E-state index in [0.29, 0.717) is 6.61 Å². The topological polar surface area (TPSA) is 9.23 Å². The second kappa shape index (κ2) is 7.57. The van der Waals surface area contributed by atoms with Crippen molar-refractivity contribution in [1.82, 2.24) is 0 Å². The maximum absolute atomic E-state index is 12.6. The molecule has 0 saturated carbocycles. The Morgan fingerprint density at radius 3 is 2.60 bits per heavy atom. The van der Waals surface area contributed by atoms with Gasteiger partial charge in [0.1, 0.15) is 11.6 Å². The van der Waals surface area contributed by atoms with Crippen LogP contribution in [0.1, 0.15) is 19.8 Å². The van der Waals surface area contributed by atoms with Gasteiger partial charge in [-0.05, 0) is 36.4 Å². The van der Waals surface area contributed by atoms with Crippen molar-refractivity contribution in [3.8, 4) is 5.75 Å². The summed E-state index contributed by atoms with van der Waals surface area (Å²) in [6.07, 6.45) is 2.51. The summed E-state index contributed by atoms with van der Waals surface area (Å²) in [7, 11) is 0. The van der Waals surface area contributed by atoms with Crippen molar-refractivity contribution in [2.75, 3.05) is 18.1 Å². The molecular weight excluding hydrogens is 211 g/mol. The fourth-order valence-corrected chi connectivity index (χ4v) is 2.00. The first kappa shape index (κ1) is 12.4. The van der Waals surface area contributed by atoms with Crippen molar-refractivity contribution in [1.29, 1.82) is 0 Å². The highest BCUT2D eigenvalue weighted by Crippen LogP contribution is 2.12. The molecule has 0 N–H and O–H groups in total. The lowest BCUT2D eigenvalue weighted by Gasteiger charge is -2.05. The molecular formula is C12H17FOS. The first-order valence-electron chi connectivity index (χ1n) is 5.29. The predicted molar refractivity (Wildman–Crippen MR) is 64.1 cm³/mol. The van der Waals surface area contributed by atoms with Gasteiger partial charge in [0.05, 0.1) is 6.61 Å². The van der Waals surface area contributed by atoms with Gasteiger partial charge < -0.3 is 4.74 Å². The monoisotopic (exact) mass is 228 g/mol. The van der Waals surface area contributed by atoms with Gasteiger partial charge in [0.2, 0.25) is 0 Å². The number of hydrogen-bond acceptors (Lipinski definition) is 2. The Bertz CT molecular complexity index is 261. The van der Waals surface area contributed by atoms with Crippen molar-refractivity contribution >= 4 is 11.8 Å². The summed E-state index contributed by atoms with van der Waals surface area (Å²) in [6, 6.07) is 6.15. The summed E-state index contributed by atoms with van der Waals surface area (Å²) in [5.41, 5.74) is 0. The minimum Gasteiger partial charge on any atom is -0.493 e. The number of thioether (sulfide) groups is 1. The third-order valence-electron chi connectivity index (χ3n) is 1.95. The van der Waals surface area contributed by atoms with Crippen LogP contribution in [0.3, 0.4) is 0 Å². The van der Waals surface area contributed by atoms with Gasteiger partial charge in [-0.15, -0.1) is 0 Å². The highest BCUT2D eigenvalue weighted by atomic mass is 32.2. The maximum Gasteiger partial charge on any atom is 0.123 e. The minimum atomic E-state index is -0.223. The van der Waals surface area contributed by atoms with E-state index in [1.807, 2.05) is 11.8 Å². The molecule has 0 bridgehead atoms. The second-order valence-corrected chi connectivity index (χ2v) is 4.49. The zero-order chi connectivity index (χ0) is 10.9. The number of hydrogen-bond donors (Lipinski definition) is 0. The zero-order valence-electron chi connectivity index (χ0n) is 9.04. The molecule has 0 unspecified atom stereocenters. The van der Waals surface area contributed by atoms with Gasteiger partial charge in [0.25, 0.3) is 0 Å². The van der Waals surface area contributed by atoms with E-state index >= 15 is 0 Å². The quantitative estimate of drug-likeness (QED) is 0.657. The number of ether oxygens (including phenoxy) is 1. The van der Waals surface area contributed by atoms with Gasteiger partial charge in [-0.2, -0.15) is 11.8 Å². The average Bonchev–Trinajstić information content (AvgIpc) is 2.26. The van der Waals surface area contributed by atoms with Crippen LogP contribution in [0.2, 0.25) is 0 Å². The van der Waals surface area contributed by atoms with E-state index in [9.17, 15) is 4.39 Å². The zero-order valence-corrected chi connectivity index (χ0v) is 9.86. The summed E-state index contributed by atoms with van der Waals surface area (Å²) in [4.78, 5) is 0. The van der Waals surface area contributed by atoms with Gasteiger partial charge in [-0.25, -0.2) is 4.39 Å². The van der Waals surface area contributed by atoms with E-state index in [2.05, 4.69) is 6.92 Å². The molecule has 0 aliphatic carbocycles. The molecule has 1 rings (SSSR count). The molecule has 0 fully saturated rings. The summed E-state index contributed by atoms with van der Waals surface area (Å²) in [6.45, 7) is 2.88. The van der Waals surface area contributed by atoms with Crippen LogP contribution in [-0.4, -0.2) is 18.1 Å². The molecule has 1 aromatic rings. The second-order valence-electron chi connectivity index (χ2n) is 3.27. The highest BCUT2D eigenvalue weighted by Gasteiger charge is 1.94. The molecule has 1 aromatic carbocycles. The van der Waals surface area contributed by atoms with E-state index in [1.165, 1.54) is 30.7 Å². The predicted octanol–water partition coefficient (Wildman–Crippen LogP) is 3.74. The summed E-state index contributed by atoms with van der Waals surface area (Å²) in [5.74, 6) is 2.72. The molecule has 0 aliphatic heterocycles. The van der Waals surface area contributed by atoms with Crippen LogP contribution in [0.15, 0.2) is 24.3 Å². The molecule has 0 atom stereocenters. The Hall–Kier alpha value is -0.700. The third-order valence-corrected chi connectivity index (χ3v) is 2.98. The van der Waals surface area contributed by atoms with E-state index in [-0.39, 0.29) is 5.82 Å². The van der Waals surface area contributed by atoms with E-state index in [1.54, 1.807) is 12.1 Å². The smallest absolute Gasteiger partial charge is 0.123 e. The van der Waals surface area contributed by atoms with Gasteiger partial charge in [0, 0.05) is 5.75 Å². The van der Waals surface area contributed by atoms with Crippen molar-refractivity contribution in [3.63, 3.8) is 0 Å². The fourth-order valence-electron chi connectivity index (χ4n) is 1.10. The number of benzene rings is 1. The lowest BCUT2D eigenvalue weighted by Crippen LogP contribution is -2.00. The van der Waals surface area contributed by atoms with Gasteiger partial charge in [-0.3, -0.25) is 0 Å². The Labute approximate surface area is 95.0 Å². The number of unbranched alkanes of at least 4 members (excludes halogenated alkanes) is 1. The molecule has 0 radical (unpaired) electrons. The Balaban J connectivity index is 2.07. The van der Waals surface area contributed by atoms with E-state index < -0.39 is 0 Å². The Morgan fingerprint density at radius 2 is 1.93 bits per heavy atom. The van der Waals surface area contributed by atoms with Crippen LogP contribution in [0.5, 0.6) is 5.75 Å². The van der Waals surface area contributed by atoms with Crippen LogP contribution in [0.4, 0.5) is 4.39 Å². The average molecular weight is 228 g/mol. The van der Waals surface area contributed by atoms with Crippen molar-refractivity contribution in [2.24, 2.45) is 0 Å². The number of halogens is 1. The largest absolute Gasteiger partial charge is 0.493 e. The first-order valence-corrected chi connectivity index (χ1v) is 6.44. The molecule has 0 aromatic heterocycles. The molecule has 0 heterocycles. The lowest BCUT2D eigenvalue weighted by atomic mass is 10.3. The van der Waals surface area contributed by atoms with Crippen molar-refractivity contribution < 1.29 is 9.13 Å². The molecule has 0 saturated heterocycles. The maximum atomic E-state index is 12.6. The van der Waals surface area contributed by atoms with E-state index in [0.717, 1.165) is 11.5 Å². The fraction of sp³-hybridized carbons (Fsp3) is 0.500. The lowest BCUT2D eigenvalue weighted by molar-refractivity contribution is 0.343. The normalized spacial score (nSPS) is 10.3. The molecule has 3 heteroatoms. The third kappa shape index (κ3) is 5.67. The van der Waals surface area contributed by atoms with Crippen molar-refractivity contribution in [2.45, 2.75) is 19.8 Å². The van der Waals surface area contributed by atoms with Crippen molar-refractivity contribution in [3.05, 3.63) is 30.1 Å². The van der Waals surface area contributed by atoms with Crippen LogP contribution in [0.25, 0.3) is 0 Å². The molecule has 0 aliphatic rings. The first-order chi connectivity index (χ1) is 7.33. The Kier molecular flexibility index (Phi) is 6.25. The minimum absolute atomic E-state index is 0.223. The number of rotatable bonds is 7. The summed E-state index contributed by atoms with van der Waals surface area (Å²) < 4.78 is 18.0. The van der Waals surface area contributed by atoms with E-state index in [4.69, 9.17) is 4.74 Å². The van der Waals surface area contributed by atoms with Gasteiger partial charge >= 0.3 is 0 Å². The van der Waals surface area contributed by atoms with Crippen LogP contribution >= 0.6 is 11.8 Å². The van der Waals surface area contributed by atoms with Crippen LogP contribution < -0.4 is 4.74 Å².